The molecule has 1 aromatic rings. The highest BCUT2D eigenvalue weighted by Crippen LogP contribution is 2.38. The fourth-order valence-electron chi connectivity index (χ4n) is 3.33. The van der Waals surface area contributed by atoms with Gasteiger partial charge in [-0.3, -0.25) is 0 Å². The summed E-state index contributed by atoms with van der Waals surface area (Å²) in [4.78, 5) is 0. The summed E-state index contributed by atoms with van der Waals surface area (Å²) in [5.74, 6) is 0.794. The first-order chi connectivity index (χ1) is 8.83. The smallest absolute Gasteiger partial charge is 0.0107 e. The Morgan fingerprint density at radius 2 is 1.89 bits per heavy atom. The van der Waals surface area contributed by atoms with Crippen molar-refractivity contribution < 1.29 is 0 Å². The third kappa shape index (κ3) is 2.51. The molecule has 1 atom stereocenters. The third-order valence-electron chi connectivity index (χ3n) is 4.51. The van der Waals surface area contributed by atoms with E-state index in [0.717, 1.165) is 18.0 Å². The summed E-state index contributed by atoms with van der Waals surface area (Å²) < 4.78 is 0. The number of hydrogen-bond donors (Lipinski definition) is 1. The van der Waals surface area contributed by atoms with Crippen molar-refractivity contribution in [3.63, 3.8) is 0 Å². The predicted octanol–water partition coefficient (Wildman–Crippen LogP) is 3.94. The number of nitrogens with one attached hydrogen (secondary N) is 1. The van der Waals surface area contributed by atoms with Crippen LogP contribution in [-0.2, 0) is 0 Å². The zero-order chi connectivity index (χ0) is 12.4. The van der Waals surface area contributed by atoms with E-state index in [0.29, 0.717) is 0 Å². The molecule has 1 nitrogen and oxygen atoms in total. The highest BCUT2D eigenvalue weighted by molar-refractivity contribution is 5.31. The summed E-state index contributed by atoms with van der Waals surface area (Å²) in [5.41, 5.74) is 3.03. The van der Waals surface area contributed by atoms with Crippen LogP contribution in [-0.4, -0.2) is 12.1 Å². The highest BCUT2D eigenvalue weighted by atomic mass is 15.0. The van der Waals surface area contributed by atoms with Crippen molar-refractivity contribution >= 4 is 0 Å². The quantitative estimate of drug-likeness (QED) is 0.790. The molecule has 1 N–H and O–H groups in total. The van der Waals surface area contributed by atoms with Crippen molar-refractivity contribution in [2.24, 2.45) is 0 Å². The molecule has 0 bridgehead atoms. The minimum Gasteiger partial charge on any atom is -0.311 e. The van der Waals surface area contributed by atoms with E-state index >= 15 is 0 Å². The van der Waals surface area contributed by atoms with Crippen LogP contribution in [0.2, 0.25) is 0 Å². The topological polar surface area (TPSA) is 12.0 Å². The van der Waals surface area contributed by atoms with E-state index in [1.807, 2.05) is 0 Å². The van der Waals surface area contributed by atoms with Gasteiger partial charge in [-0.2, -0.15) is 0 Å². The Kier molecular flexibility index (Phi) is 3.51. The van der Waals surface area contributed by atoms with Gasteiger partial charge in [0.1, 0.15) is 0 Å². The molecule has 0 heterocycles. The van der Waals surface area contributed by atoms with Crippen LogP contribution < -0.4 is 5.32 Å². The maximum Gasteiger partial charge on any atom is 0.0107 e. The lowest BCUT2D eigenvalue weighted by Gasteiger charge is -2.39. The molecule has 1 aromatic carbocycles. The molecule has 1 unspecified atom stereocenters. The van der Waals surface area contributed by atoms with Gasteiger partial charge in [0, 0.05) is 12.1 Å². The average Bonchev–Trinajstić information content (AvgIpc) is 2.36. The van der Waals surface area contributed by atoms with Gasteiger partial charge in [-0.25, -0.2) is 0 Å². The van der Waals surface area contributed by atoms with Gasteiger partial charge >= 0.3 is 0 Å². The van der Waals surface area contributed by atoms with Gasteiger partial charge in [0.2, 0.25) is 0 Å². The lowest BCUT2D eigenvalue weighted by atomic mass is 9.74. The molecule has 0 aliphatic heterocycles. The summed E-state index contributed by atoms with van der Waals surface area (Å²) in [6.45, 7) is 2.24. The fourth-order valence-corrected chi connectivity index (χ4v) is 3.33. The molecule has 96 valence electrons. The molecule has 0 spiro atoms. The molecule has 1 saturated carbocycles. The summed E-state index contributed by atoms with van der Waals surface area (Å²) in [6, 6.07) is 10.3. The van der Waals surface area contributed by atoms with E-state index in [1.54, 1.807) is 5.56 Å². The Morgan fingerprint density at radius 3 is 2.61 bits per heavy atom. The van der Waals surface area contributed by atoms with Gasteiger partial charge in [-0.1, -0.05) is 36.4 Å². The highest BCUT2D eigenvalue weighted by Gasteiger charge is 2.32. The van der Waals surface area contributed by atoms with Crippen LogP contribution in [0.25, 0.3) is 0 Å². The van der Waals surface area contributed by atoms with Crippen molar-refractivity contribution in [1.82, 2.24) is 5.32 Å². The number of benzene rings is 1. The molecule has 2 aliphatic carbocycles. The SMILES string of the molecule is Cc1ccccc1C1CC(NC2CC=CCC2)C1. The summed E-state index contributed by atoms with van der Waals surface area (Å²) in [5, 5.41) is 3.82. The minimum absolute atomic E-state index is 0.734. The van der Waals surface area contributed by atoms with Crippen molar-refractivity contribution in [3.8, 4) is 0 Å². The molecule has 1 heteroatoms. The van der Waals surface area contributed by atoms with E-state index < -0.39 is 0 Å². The Morgan fingerprint density at radius 1 is 1.06 bits per heavy atom. The van der Waals surface area contributed by atoms with Gasteiger partial charge in [0.15, 0.2) is 0 Å². The molecular formula is C17H23N. The lowest BCUT2D eigenvalue weighted by Crippen LogP contribution is -2.45. The maximum absolute atomic E-state index is 3.82. The normalized spacial score (nSPS) is 31.1. The number of aryl methyl sites for hydroxylation is 1. The molecule has 2 aliphatic rings. The predicted molar refractivity (Wildman–Crippen MR) is 76.9 cm³/mol. The van der Waals surface area contributed by atoms with Gasteiger partial charge in [0.25, 0.3) is 0 Å². The van der Waals surface area contributed by atoms with Crippen LogP contribution in [0.3, 0.4) is 0 Å². The monoisotopic (exact) mass is 241 g/mol. The van der Waals surface area contributed by atoms with E-state index in [1.165, 1.54) is 37.7 Å². The van der Waals surface area contributed by atoms with Crippen LogP contribution in [0.5, 0.6) is 0 Å². The molecule has 1 fully saturated rings. The second-order valence-corrected chi connectivity index (χ2v) is 5.87. The summed E-state index contributed by atoms with van der Waals surface area (Å²) in [6.07, 6.45) is 11.1. The number of hydrogen-bond acceptors (Lipinski definition) is 1. The Balaban J connectivity index is 1.51. The van der Waals surface area contributed by atoms with Crippen LogP contribution in [0.1, 0.15) is 49.1 Å². The van der Waals surface area contributed by atoms with Crippen molar-refractivity contribution in [1.29, 1.82) is 0 Å². The van der Waals surface area contributed by atoms with Gasteiger partial charge in [-0.15, -0.1) is 0 Å². The first-order valence-corrected chi connectivity index (χ1v) is 7.29. The van der Waals surface area contributed by atoms with Gasteiger partial charge in [-0.05, 0) is 56.1 Å². The lowest BCUT2D eigenvalue weighted by molar-refractivity contribution is 0.257. The zero-order valence-corrected chi connectivity index (χ0v) is 11.2. The summed E-state index contributed by atoms with van der Waals surface area (Å²) in [7, 11) is 0. The zero-order valence-electron chi connectivity index (χ0n) is 11.2. The molecule has 0 aromatic heterocycles. The van der Waals surface area contributed by atoms with Crippen LogP contribution in [0.15, 0.2) is 36.4 Å². The summed E-state index contributed by atoms with van der Waals surface area (Å²) >= 11 is 0. The maximum atomic E-state index is 3.82. The largest absolute Gasteiger partial charge is 0.311 e. The van der Waals surface area contributed by atoms with E-state index in [9.17, 15) is 0 Å². The van der Waals surface area contributed by atoms with E-state index in [-0.39, 0.29) is 0 Å². The van der Waals surface area contributed by atoms with Crippen molar-refractivity contribution in [2.45, 2.75) is 57.0 Å². The third-order valence-corrected chi connectivity index (χ3v) is 4.51. The van der Waals surface area contributed by atoms with Crippen LogP contribution >= 0.6 is 0 Å². The van der Waals surface area contributed by atoms with Crippen LogP contribution in [0.4, 0.5) is 0 Å². The number of rotatable bonds is 3. The van der Waals surface area contributed by atoms with Gasteiger partial charge < -0.3 is 5.32 Å². The molecule has 3 rings (SSSR count). The van der Waals surface area contributed by atoms with E-state index in [2.05, 4.69) is 48.7 Å². The van der Waals surface area contributed by atoms with Gasteiger partial charge in [0.05, 0.1) is 0 Å². The Hall–Kier alpha value is -1.08. The fraction of sp³-hybridized carbons (Fsp3) is 0.529. The van der Waals surface area contributed by atoms with Crippen molar-refractivity contribution in [3.05, 3.63) is 47.5 Å². The molecule has 0 radical (unpaired) electrons. The first-order valence-electron chi connectivity index (χ1n) is 7.29. The standard InChI is InChI=1S/C17H23N/c1-13-7-5-6-10-17(13)14-11-16(12-14)18-15-8-3-2-4-9-15/h2-3,5-7,10,14-16,18H,4,8-9,11-12H2,1H3. The Labute approximate surface area is 110 Å². The van der Waals surface area contributed by atoms with Crippen LogP contribution in [0, 0.1) is 6.92 Å². The van der Waals surface area contributed by atoms with E-state index in [4.69, 9.17) is 0 Å². The Bertz CT molecular complexity index is 429. The molecular weight excluding hydrogens is 218 g/mol. The minimum atomic E-state index is 0.734. The number of allylic oxidation sites excluding steroid dienone is 1. The molecule has 0 amide bonds. The first kappa shape index (κ1) is 12.0. The second kappa shape index (κ2) is 5.27. The van der Waals surface area contributed by atoms with Crippen molar-refractivity contribution in [2.75, 3.05) is 0 Å². The molecule has 0 saturated heterocycles. The molecule has 18 heavy (non-hydrogen) atoms. The average molecular weight is 241 g/mol. The second-order valence-electron chi connectivity index (χ2n) is 5.87.